The van der Waals surface area contributed by atoms with Crippen molar-refractivity contribution < 1.29 is 4.74 Å². The molecule has 2 aromatic rings. The lowest BCUT2D eigenvalue weighted by atomic mass is 9.75. The van der Waals surface area contributed by atoms with Crippen molar-refractivity contribution in [2.45, 2.75) is 52.5 Å². The minimum atomic E-state index is 0.112. The predicted octanol–water partition coefficient (Wildman–Crippen LogP) is 5.20. The molecule has 0 fully saturated rings. The third kappa shape index (κ3) is 3.53. The molecule has 2 nitrogen and oxygen atoms in total. The Balaban J connectivity index is 2.56. The van der Waals surface area contributed by atoms with Crippen LogP contribution in [0.3, 0.4) is 0 Å². The van der Waals surface area contributed by atoms with Crippen LogP contribution < -0.4 is 10.1 Å². The summed E-state index contributed by atoms with van der Waals surface area (Å²) < 4.78 is 5.71. The third-order valence-electron chi connectivity index (χ3n) is 5.43. The van der Waals surface area contributed by atoms with Gasteiger partial charge in [0.2, 0.25) is 0 Å². The summed E-state index contributed by atoms with van der Waals surface area (Å²) in [6.07, 6.45) is 3.28. The van der Waals surface area contributed by atoms with E-state index in [4.69, 9.17) is 4.74 Å². The van der Waals surface area contributed by atoms with Gasteiger partial charge in [-0.2, -0.15) is 0 Å². The Bertz CT molecular complexity index is 637. The Labute approximate surface area is 141 Å². The topological polar surface area (TPSA) is 21.3 Å². The maximum atomic E-state index is 5.71. The zero-order chi connectivity index (χ0) is 16.9. The summed E-state index contributed by atoms with van der Waals surface area (Å²) in [5.74, 6) is 1.61. The number of benzene rings is 2. The number of hydrogen-bond acceptors (Lipinski definition) is 2. The number of hydrogen-bond donors (Lipinski definition) is 1. The predicted molar refractivity (Wildman–Crippen MR) is 100 cm³/mol. The van der Waals surface area contributed by atoms with Gasteiger partial charge in [-0.3, -0.25) is 0 Å². The van der Waals surface area contributed by atoms with Gasteiger partial charge < -0.3 is 10.1 Å². The van der Waals surface area contributed by atoms with Gasteiger partial charge in [0.15, 0.2) is 0 Å². The van der Waals surface area contributed by atoms with Crippen LogP contribution in [0.15, 0.2) is 36.4 Å². The molecule has 0 amide bonds. The molecule has 2 heteroatoms. The van der Waals surface area contributed by atoms with E-state index in [0.717, 1.165) is 25.1 Å². The smallest absolute Gasteiger partial charge is 0.122 e. The SMILES string of the molecule is CCNC(CC)(Cc1c(OC)ccc2ccccc12)C(C)CC. The molecule has 0 aliphatic heterocycles. The summed E-state index contributed by atoms with van der Waals surface area (Å²) in [7, 11) is 1.78. The van der Waals surface area contributed by atoms with E-state index in [1.165, 1.54) is 22.8 Å². The van der Waals surface area contributed by atoms with Crippen LogP contribution in [-0.2, 0) is 6.42 Å². The van der Waals surface area contributed by atoms with E-state index in [-0.39, 0.29) is 5.54 Å². The van der Waals surface area contributed by atoms with Crippen LogP contribution in [0.1, 0.15) is 46.1 Å². The molecule has 0 saturated carbocycles. The van der Waals surface area contributed by atoms with E-state index in [1.54, 1.807) is 7.11 Å². The Morgan fingerprint density at radius 3 is 2.43 bits per heavy atom. The molecule has 126 valence electrons. The van der Waals surface area contributed by atoms with E-state index < -0.39 is 0 Å². The monoisotopic (exact) mass is 313 g/mol. The largest absolute Gasteiger partial charge is 0.496 e. The molecule has 2 rings (SSSR count). The summed E-state index contributed by atoms with van der Waals surface area (Å²) in [4.78, 5) is 0. The number of fused-ring (bicyclic) bond motifs is 1. The Morgan fingerprint density at radius 2 is 1.83 bits per heavy atom. The fourth-order valence-corrected chi connectivity index (χ4v) is 3.76. The first kappa shape index (κ1) is 17.8. The van der Waals surface area contributed by atoms with Crippen molar-refractivity contribution in [2.75, 3.05) is 13.7 Å². The summed E-state index contributed by atoms with van der Waals surface area (Å²) >= 11 is 0. The molecule has 0 aliphatic rings. The van der Waals surface area contributed by atoms with E-state index >= 15 is 0 Å². The number of methoxy groups -OCH3 is 1. The molecule has 0 radical (unpaired) electrons. The van der Waals surface area contributed by atoms with Crippen LogP contribution in [0, 0.1) is 5.92 Å². The first-order valence-electron chi connectivity index (χ1n) is 8.91. The van der Waals surface area contributed by atoms with Crippen LogP contribution in [0.5, 0.6) is 5.75 Å². The van der Waals surface area contributed by atoms with E-state index in [0.29, 0.717) is 5.92 Å². The van der Waals surface area contributed by atoms with Crippen LogP contribution >= 0.6 is 0 Å². The quantitative estimate of drug-likeness (QED) is 0.723. The molecule has 0 heterocycles. The van der Waals surface area contributed by atoms with Gasteiger partial charge in [0.05, 0.1) is 7.11 Å². The van der Waals surface area contributed by atoms with Gasteiger partial charge in [0, 0.05) is 11.1 Å². The minimum Gasteiger partial charge on any atom is -0.496 e. The van der Waals surface area contributed by atoms with Crippen LogP contribution in [0.2, 0.25) is 0 Å². The van der Waals surface area contributed by atoms with Crippen LogP contribution in [0.4, 0.5) is 0 Å². The van der Waals surface area contributed by atoms with E-state index in [2.05, 4.69) is 69.4 Å². The zero-order valence-corrected chi connectivity index (χ0v) is 15.3. The first-order chi connectivity index (χ1) is 11.1. The fourth-order valence-electron chi connectivity index (χ4n) is 3.76. The van der Waals surface area contributed by atoms with Crippen molar-refractivity contribution in [2.24, 2.45) is 5.92 Å². The lowest BCUT2D eigenvalue weighted by Crippen LogP contribution is -2.51. The molecule has 2 unspecified atom stereocenters. The molecule has 1 N–H and O–H groups in total. The molecular formula is C21H31NO. The van der Waals surface area contributed by atoms with Gasteiger partial charge in [-0.25, -0.2) is 0 Å². The van der Waals surface area contributed by atoms with Crippen molar-refractivity contribution in [3.05, 3.63) is 42.0 Å². The van der Waals surface area contributed by atoms with Crippen molar-refractivity contribution >= 4 is 10.8 Å². The number of nitrogens with one attached hydrogen (secondary N) is 1. The molecule has 0 saturated heterocycles. The van der Waals surface area contributed by atoms with Crippen molar-refractivity contribution in [1.82, 2.24) is 5.32 Å². The van der Waals surface area contributed by atoms with Gasteiger partial charge in [-0.15, -0.1) is 0 Å². The number of rotatable bonds is 8. The van der Waals surface area contributed by atoms with Crippen molar-refractivity contribution in [1.29, 1.82) is 0 Å². The highest BCUT2D eigenvalue weighted by Gasteiger charge is 2.34. The van der Waals surface area contributed by atoms with Gasteiger partial charge in [0.25, 0.3) is 0 Å². The zero-order valence-electron chi connectivity index (χ0n) is 15.3. The standard InChI is InChI=1S/C21H31NO/c1-6-16(4)21(7-2,22-8-3)15-19-18-12-10-9-11-17(18)13-14-20(19)23-5/h9-14,16,22H,6-8,15H2,1-5H3. The highest BCUT2D eigenvalue weighted by atomic mass is 16.5. The second-order valence-corrected chi connectivity index (χ2v) is 6.49. The van der Waals surface area contributed by atoms with E-state index in [1.807, 2.05) is 0 Å². The summed E-state index contributed by atoms with van der Waals surface area (Å²) in [6.45, 7) is 10.1. The van der Waals surface area contributed by atoms with Gasteiger partial charge in [0.1, 0.15) is 5.75 Å². The second kappa shape index (κ2) is 7.83. The second-order valence-electron chi connectivity index (χ2n) is 6.49. The molecule has 0 aliphatic carbocycles. The van der Waals surface area contributed by atoms with Crippen LogP contribution in [-0.4, -0.2) is 19.2 Å². The Hall–Kier alpha value is -1.54. The maximum absolute atomic E-state index is 5.71. The lowest BCUT2D eigenvalue weighted by Gasteiger charge is -2.40. The normalized spacial score (nSPS) is 15.3. The molecular weight excluding hydrogens is 282 g/mol. The maximum Gasteiger partial charge on any atom is 0.122 e. The highest BCUT2D eigenvalue weighted by Crippen LogP contribution is 2.35. The highest BCUT2D eigenvalue weighted by molar-refractivity contribution is 5.87. The molecule has 2 atom stereocenters. The van der Waals surface area contributed by atoms with Crippen molar-refractivity contribution in [3.63, 3.8) is 0 Å². The molecule has 0 aromatic heterocycles. The molecule has 23 heavy (non-hydrogen) atoms. The third-order valence-corrected chi connectivity index (χ3v) is 5.43. The van der Waals surface area contributed by atoms with Crippen LogP contribution in [0.25, 0.3) is 10.8 Å². The van der Waals surface area contributed by atoms with Gasteiger partial charge in [-0.05, 0) is 42.1 Å². The molecule has 0 bridgehead atoms. The van der Waals surface area contributed by atoms with Crippen molar-refractivity contribution in [3.8, 4) is 5.75 Å². The summed E-state index contributed by atoms with van der Waals surface area (Å²) in [6, 6.07) is 12.9. The van der Waals surface area contributed by atoms with E-state index in [9.17, 15) is 0 Å². The average Bonchev–Trinajstić information content (AvgIpc) is 2.60. The summed E-state index contributed by atoms with van der Waals surface area (Å²) in [5, 5.41) is 6.40. The fraction of sp³-hybridized carbons (Fsp3) is 0.524. The molecule has 0 spiro atoms. The van der Waals surface area contributed by atoms with Gasteiger partial charge >= 0.3 is 0 Å². The summed E-state index contributed by atoms with van der Waals surface area (Å²) in [5.41, 5.74) is 1.44. The lowest BCUT2D eigenvalue weighted by molar-refractivity contribution is 0.207. The molecule has 2 aromatic carbocycles. The average molecular weight is 313 g/mol. The first-order valence-corrected chi connectivity index (χ1v) is 8.91. The number of ether oxygens (including phenoxy) is 1. The Kier molecular flexibility index (Phi) is 6.06. The Morgan fingerprint density at radius 1 is 1.09 bits per heavy atom. The number of likely N-dealkylation sites (N-methyl/N-ethyl adjacent to an activating group) is 1. The minimum absolute atomic E-state index is 0.112. The van der Waals surface area contributed by atoms with Gasteiger partial charge in [-0.1, -0.05) is 64.4 Å².